The Hall–Kier alpha value is -1.18. The van der Waals surface area contributed by atoms with Crippen LogP contribution in [0.15, 0.2) is 0 Å². The fourth-order valence-electron chi connectivity index (χ4n) is 1.39. The van der Waals surface area contributed by atoms with E-state index in [4.69, 9.17) is 4.74 Å². The Balaban J connectivity index is 5.06. The molecule has 0 heterocycles. The first kappa shape index (κ1) is 23.8. The quantitative estimate of drug-likeness (QED) is 0.379. The molecular formula is C11H16F9NO3Si. The number of carbonyl (C=O) groups excluding carboxylic acids is 1. The number of nitrogens with one attached hydrogen (secondary N) is 1. The van der Waals surface area contributed by atoms with Crippen molar-refractivity contribution in [2.45, 2.75) is 49.8 Å². The van der Waals surface area contributed by atoms with Crippen molar-refractivity contribution in [3.8, 4) is 0 Å². The first-order valence-corrected chi connectivity index (χ1v) is 9.74. The van der Waals surface area contributed by atoms with Crippen LogP contribution in [0.1, 0.15) is 6.92 Å². The molecule has 0 aromatic rings. The Morgan fingerprint density at radius 1 is 1.00 bits per heavy atom. The number of carbonyl (C=O) groups is 1. The van der Waals surface area contributed by atoms with Gasteiger partial charge in [-0.15, -0.1) is 0 Å². The van der Waals surface area contributed by atoms with Crippen LogP contribution in [0, 0.1) is 0 Å². The van der Waals surface area contributed by atoms with Crippen molar-refractivity contribution in [2.24, 2.45) is 0 Å². The molecule has 1 unspecified atom stereocenters. The van der Waals surface area contributed by atoms with Crippen LogP contribution in [0.2, 0.25) is 13.1 Å². The molecular weight excluding hydrogens is 393 g/mol. The topological polar surface area (TPSA) is 47.6 Å². The summed E-state index contributed by atoms with van der Waals surface area (Å²) in [5.74, 6) is -20.8. The molecule has 0 aliphatic heterocycles. The van der Waals surface area contributed by atoms with Gasteiger partial charge in [0.1, 0.15) is 5.85 Å². The van der Waals surface area contributed by atoms with Crippen molar-refractivity contribution < 1.29 is 53.8 Å². The fraction of sp³-hybridized carbons (Fsp3) is 0.909. The van der Waals surface area contributed by atoms with Crippen molar-refractivity contribution in [1.29, 1.82) is 0 Å². The van der Waals surface area contributed by atoms with Crippen LogP contribution in [-0.4, -0.2) is 57.9 Å². The second-order valence-electron chi connectivity index (χ2n) is 5.19. The van der Waals surface area contributed by atoms with Crippen molar-refractivity contribution in [3.05, 3.63) is 0 Å². The van der Waals surface area contributed by atoms with Gasteiger partial charge in [-0.3, -0.25) is 5.32 Å². The lowest BCUT2D eigenvalue weighted by molar-refractivity contribution is -0.398. The van der Waals surface area contributed by atoms with E-state index in [0.29, 0.717) is 0 Å². The van der Waals surface area contributed by atoms with E-state index in [2.05, 4.69) is 4.74 Å². The van der Waals surface area contributed by atoms with Crippen LogP contribution in [-0.2, 0) is 9.47 Å². The zero-order valence-electron chi connectivity index (χ0n) is 13.2. The largest absolute Gasteiger partial charge is 0.460 e. The minimum atomic E-state index is -7.03. The predicted octanol–water partition coefficient (Wildman–Crippen LogP) is 3.57. The first-order valence-electron chi connectivity index (χ1n) is 6.76. The maximum Gasteiger partial charge on any atom is 0.460 e. The molecule has 0 rings (SSSR count). The number of ether oxygens (including phenoxy) is 2. The monoisotopic (exact) mass is 409 g/mol. The van der Waals surface area contributed by atoms with Gasteiger partial charge in [0.25, 0.3) is 0 Å². The molecule has 4 nitrogen and oxygen atoms in total. The Bertz CT molecular complexity index is 457. The molecule has 0 aliphatic rings. The molecule has 0 fully saturated rings. The van der Waals surface area contributed by atoms with E-state index in [1.54, 1.807) is 13.1 Å². The SMILES string of the molecule is CCOC(NC(=O)OCC(F)(F)C(F)(F)C(F)(F)C(F)(F)F)[SiH](C)C. The Kier molecular flexibility index (Phi) is 7.63. The molecule has 0 aromatic carbocycles. The highest BCUT2D eigenvalue weighted by Crippen LogP contribution is 2.53. The number of rotatable bonds is 8. The lowest BCUT2D eigenvalue weighted by atomic mass is 10.0. The maximum atomic E-state index is 13.2. The molecule has 150 valence electrons. The number of alkyl carbamates (subject to hydrolysis) is 1. The summed E-state index contributed by atoms with van der Waals surface area (Å²) < 4.78 is 122. The van der Waals surface area contributed by atoms with E-state index < -0.39 is 51.3 Å². The number of alkyl halides is 9. The molecule has 0 bridgehead atoms. The number of hydrogen-bond acceptors (Lipinski definition) is 3. The second-order valence-corrected chi connectivity index (χ2v) is 8.28. The lowest BCUT2D eigenvalue weighted by Crippen LogP contribution is -2.62. The highest BCUT2D eigenvalue weighted by molar-refractivity contribution is 6.57. The van der Waals surface area contributed by atoms with Crippen LogP contribution >= 0.6 is 0 Å². The van der Waals surface area contributed by atoms with Gasteiger partial charge in [-0.1, -0.05) is 13.1 Å². The van der Waals surface area contributed by atoms with Crippen LogP contribution in [0.3, 0.4) is 0 Å². The van der Waals surface area contributed by atoms with E-state index in [1.165, 1.54) is 6.92 Å². The molecule has 0 aromatic heterocycles. The summed E-state index contributed by atoms with van der Waals surface area (Å²) >= 11 is 0. The normalized spacial score (nSPS) is 15.2. The van der Waals surface area contributed by atoms with Gasteiger partial charge >= 0.3 is 30.0 Å². The summed E-state index contributed by atoms with van der Waals surface area (Å²) in [5, 5.41) is 1.90. The van der Waals surface area contributed by atoms with Gasteiger partial charge in [0.2, 0.25) is 0 Å². The molecule has 0 spiro atoms. The van der Waals surface area contributed by atoms with Crippen molar-refractivity contribution in [3.63, 3.8) is 0 Å². The molecule has 1 atom stereocenters. The van der Waals surface area contributed by atoms with E-state index in [-0.39, 0.29) is 6.61 Å². The average Bonchev–Trinajstić information content (AvgIpc) is 2.43. The number of halogens is 9. The second kappa shape index (κ2) is 8.01. The highest BCUT2D eigenvalue weighted by atomic mass is 28.3. The van der Waals surface area contributed by atoms with Crippen molar-refractivity contribution >= 4 is 14.9 Å². The summed E-state index contributed by atoms with van der Waals surface area (Å²) in [5.41, 5.74) is 0. The van der Waals surface area contributed by atoms with E-state index >= 15 is 0 Å². The summed E-state index contributed by atoms with van der Waals surface area (Å²) in [7, 11) is -1.75. The van der Waals surface area contributed by atoms with Gasteiger partial charge in [0.05, 0.1) is 8.80 Å². The van der Waals surface area contributed by atoms with Gasteiger partial charge in [0, 0.05) is 6.61 Å². The summed E-state index contributed by atoms with van der Waals surface area (Å²) in [6.45, 7) is 2.27. The predicted molar refractivity (Wildman–Crippen MR) is 69.7 cm³/mol. The molecule has 0 saturated heterocycles. The highest BCUT2D eigenvalue weighted by Gasteiger charge is 2.82. The van der Waals surface area contributed by atoms with Crippen molar-refractivity contribution in [1.82, 2.24) is 5.32 Å². The summed E-state index contributed by atoms with van der Waals surface area (Å²) in [6.07, 6.45) is -8.64. The zero-order chi connectivity index (χ0) is 20.3. The third-order valence-corrected chi connectivity index (χ3v) is 4.38. The van der Waals surface area contributed by atoms with E-state index in [9.17, 15) is 44.3 Å². The van der Waals surface area contributed by atoms with Gasteiger partial charge < -0.3 is 9.47 Å². The minimum Gasteiger partial charge on any atom is -0.443 e. The van der Waals surface area contributed by atoms with E-state index in [0.717, 1.165) is 0 Å². The molecule has 14 heteroatoms. The Labute approximate surface area is 138 Å². The van der Waals surface area contributed by atoms with E-state index in [1.807, 2.05) is 5.32 Å². The van der Waals surface area contributed by atoms with Gasteiger partial charge in [-0.2, -0.15) is 39.5 Å². The lowest BCUT2D eigenvalue weighted by Gasteiger charge is -2.33. The van der Waals surface area contributed by atoms with Crippen LogP contribution < -0.4 is 5.32 Å². The van der Waals surface area contributed by atoms with Crippen molar-refractivity contribution in [2.75, 3.05) is 13.2 Å². The van der Waals surface area contributed by atoms with Gasteiger partial charge in [-0.25, -0.2) is 4.79 Å². The average molecular weight is 409 g/mol. The maximum absolute atomic E-state index is 13.2. The standard InChI is InChI=1S/C11H16F9NO3Si/c1-4-23-7(25(2)3)21-6(22)24-5-8(12,13)9(14,15)10(16,17)11(18,19)20/h7,25H,4-5H2,1-3H3,(H,21,22). The van der Waals surface area contributed by atoms with Crippen LogP contribution in [0.5, 0.6) is 0 Å². The number of hydrogen-bond donors (Lipinski definition) is 1. The zero-order valence-corrected chi connectivity index (χ0v) is 14.4. The van der Waals surface area contributed by atoms with Gasteiger partial charge in [0.15, 0.2) is 6.61 Å². The Morgan fingerprint density at radius 2 is 1.48 bits per heavy atom. The molecule has 0 radical (unpaired) electrons. The third-order valence-electron chi connectivity index (χ3n) is 2.81. The number of amides is 1. The third kappa shape index (κ3) is 5.39. The Morgan fingerprint density at radius 3 is 1.84 bits per heavy atom. The molecule has 1 amide bonds. The first-order chi connectivity index (χ1) is 11.0. The molecule has 25 heavy (non-hydrogen) atoms. The minimum absolute atomic E-state index is 0.0994. The smallest absolute Gasteiger partial charge is 0.443 e. The summed E-state index contributed by atoms with van der Waals surface area (Å²) in [6, 6.07) is 0. The van der Waals surface area contributed by atoms with Crippen LogP contribution in [0.4, 0.5) is 44.3 Å². The molecule has 1 N–H and O–H groups in total. The van der Waals surface area contributed by atoms with Crippen LogP contribution in [0.25, 0.3) is 0 Å². The molecule has 0 aliphatic carbocycles. The fourth-order valence-corrected chi connectivity index (χ4v) is 2.44. The molecule has 0 saturated carbocycles. The summed E-state index contributed by atoms with van der Waals surface area (Å²) in [4.78, 5) is 11.3. The van der Waals surface area contributed by atoms with Gasteiger partial charge in [-0.05, 0) is 6.92 Å².